The van der Waals surface area contributed by atoms with Crippen LogP contribution in [0.2, 0.25) is 0 Å². The summed E-state index contributed by atoms with van der Waals surface area (Å²) in [5, 5.41) is 6.66. The van der Waals surface area contributed by atoms with Crippen molar-refractivity contribution in [2.45, 2.75) is 6.42 Å². The van der Waals surface area contributed by atoms with Gasteiger partial charge >= 0.3 is 0 Å². The summed E-state index contributed by atoms with van der Waals surface area (Å²) in [6.45, 7) is 0.748. The number of anilines is 1. The third-order valence-corrected chi connectivity index (χ3v) is 3.31. The fourth-order valence-corrected chi connectivity index (χ4v) is 2.56. The molecule has 2 aromatic rings. The number of nitrogens with two attached hydrogens (primary N) is 1. The van der Waals surface area contributed by atoms with Crippen molar-refractivity contribution >= 4 is 21.7 Å². The Morgan fingerprint density at radius 3 is 3.06 bits per heavy atom. The molecular formula is C11H10BrN3O. The van der Waals surface area contributed by atoms with Crippen molar-refractivity contribution in [2.75, 3.05) is 12.3 Å². The molecule has 4 nitrogen and oxygen atoms in total. The van der Waals surface area contributed by atoms with Crippen molar-refractivity contribution in [2.24, 2.45) is 0 Å². The smallest absolute Gasteiger partial charge is 0.136 e. The highest BCUT2D eigenvalue weighted by molar-refractivity contribution is 9.10. The Bertz CT molecular complexity index is 550. The predicted octanol–water partition coefficient (Wildman–Crippen LogP) is 2.36. The normalized spacial score (nSPS) is 13.6. The van der Waals surface area contributed by atoms with Gasteiger partial charge in [-0.05, 0) is 39.2 Å². The van der Waals surface area contributed by atoms with E-state index >= 15 is 0 Å². The van der Waals surface area contributed by atoms with E-state index in [9.17, 15) is 0 Å². The lowest BCUT2D eigenvalue weighted by atomic mass is 10.0. The van der Waals surface area contributed by atoms with Gasteiger partial charge in [-0.3, -0.25) is 5.10 Å². The first kappa shape index (κ1) is 9.72. The molecule has 0 saturated carbocycles. The number of aromatic nitrogens is 2. The monoisotopic (exact) mass is 279 g/mol. The van der Waals surface area contributed by atoms with Crippen molar-refractivity contribution in [1.82, 2.24) is 10.2 Å². The van der Waals surface area contributed by atoms with Gasteiger partial charge in [-0.1, -0.05) is 0 Å². The van der Waals surface area contributed by atoms with E-state index in [0.717, 1.165) is 34.4 Å². The molecule has 0 spiro atoms. The number of fused-ring (bicyclic) bond motifs is 1. The largest absolute Gasteiger partial charge is 0.492 e. The van der Waals surface area contributed by atoms with Crippen LogP contribution in [0.4, 0.5) is 5.82 Å². The summed E-state index contributed by atoms with van der Waals surface area (Å²) in [5.41, 5.74) is 9.00. The van der Waals surface area contributed by atoms with Crippen molar-refractivity contribution in [3.63, 3.8) is 0 Å². The van der Waals surface area contributed by atoms with Crippen molar-refractivity contribution < 1.29 is 4.74 Å². The lowest BCUT2D eigenvalue weighted by Gasteiger charge is -2.06. The zero-order chi connectivity index (χ0) is 11.1. The maximum Gasteiger partial charge on any atom is 0.136 e. The minimum Gasteiger partial charge on any atom is -0.492 e. The third kappa shape index (κ3) is 1.39. The molecule has 1 aromatic carbocycles. The summed E-state index contributed by atoms with van der Waals surface area (Å²) < 4.78 is 6.50. The number of nitrogen functional groups attached to an aromatic ring is 1. The summed E-state index contributed by atoms with van der Waals surface area (Å²) >= 11 is 3.51. The van der Waals surface area contributed by atoms with Gasteiger partial charge in [0.25, 0.3) is 0 Å². The average Bonchev–Trinajstić information content (AvgIpc) is 2.85. The Labute approximate surface area is 101 Å². The molecule has 16 heavy (non-hydrogen) atoms. The Morgan fingerprint density at radius 1 is 1.44 bits per heavy atom. The molecule has 0 saturated heterocycles. The van der Waals surface area contributed by atoms with E-state index in [1.165, 1.54) is 5.56 Å². The van der Waals surface area contributed by atoms with E-state index < -0.39 is 0 Å². The van der Waals surface area contributed by atoms with Crippen molar-refractivity contribution in [3.05, 3.63) is 28.4 Å². The van der Waals surface area contributed by atoms with Crippen LogP contribution in [0.25, 0.3) is 11.1 Å². The molecule has 82 valence electrons. The standard InChI is InChI=1S/C11H10BrN3O/c12-9-4-7(8-5-14-15-11(8)13)3-6-1-2-16-10(6)9/h3-5H,1-2H2,(H3,13,14,15). The number of benzene rings is 1. The molecule has 1 aromatic heterocycles. The highest BCUT2D eigenvalue weighted by atomic mass is 79.9. The third-order valence-electron chi connectivity index (χ3n) is 2.72. The molecular weight excluding hydrogens is 270 g/mol. The zero-order valence-electron chi connectivity index (χ0n) is 8.46. The van der Waals surface area contributed by atoms with Crippen LogP contribution in [0.1, 0.15) is 5.56 Å². The van der Waals surface area contributed by atoms with Gasteiger partial charge in [0.1, 0.15) is 11.6 Å². The van der Waals surface area contributed by atoms with Crippen LogP contribution in [0.3, 0.4) is 0 Å². The molecule has 0 atom stereocenters. The van der Waals surface area contributed by atoms with Crippen LogP contribution in [0, 0.1) is 0 Å². The Morgan fingerprint density at radius 2 is 2.31 bits per heavy atom. The minimum absolute atomic E-state index is 0.589. The number of nitrogens with one attached hydrogen (secondary N) is 1. The Balaban J connectivity index is 2.17. The number of halogens is 1. The number of H-pyrrole nitrogens is 1. The number of nitrogens with zero attached hydrogens (tertiary/aromatic N) is 1. The Hall–Kier alpha value is -1.49. The summed E-state index contributed by atoms with van der Waals surface area (Å²) in [6.07, 6.45) is 2.68. The van der Waals surface area contributed by atoms with Crippen molar-refractivity contribution in [3.8, 4) is 16.9 Å². The van der Waals surface area contributed by atoms with E-state index in [-0.39, 0.29) is 0 Å². The maximum absolute atomic E-state index is 5.80. The summed E-state index contributed by atoms with van der Waals surface area (Å²) in [4.78, 5) is 0. The van der Waals surface area contributed by atoms with Gasteiger partial charge in [-0.2, -0.15) is 5.10 Å². The number of rotatable bonds is 1. The second kappa shape index (κ2) is 3.52. The van der Waals surface area contributed by atoms with Crippen LogP contribution in [0.5, 0.6) is 5.75 Å². The van der Waals surface area contributed by atoms with Crippen molar-refractivity contribution in [1.29, 1.82) is 0 Å². The Kier molecular flexibility index (Phi) is 2.14. The lowest BCUT2D eigenvalue weighted by Crippen LogP contribution is -1.89. The zero-order valence-corrected chi connectivity index (χ0v) is 10.0. The first-order valence-corrected chi connectivity index (χ1v) is 5.79. The van der Waals surface area contributed by atoms with Gasteiger partial charge in [0, 0.05) is 12.0 Å². The van der Waals surface area contributed by atoms with Gasteiger partial charge in [-0.25, -0.2) is 0 Å². The second-order valence-electron chi connectivity index (χ2n) is 3.74. The van der Waals surface area contributed by atoms with E-state index in [1.807, 2.05) is 6.07 Å². The number of hydrogen-bond donors (Lipinski definition) is 2. The first-order chi connectivity index (χ1) is 7.75. The van der Waals surface area contributed by atoms with Crippen LogP contribution in [-0.4, -0.2) is 16.8 Å². The van der Waals surface area contributed by atoms with E-state index in [2.05, 4.69) is 32.2 Å². The molecule has 0 amide bonds. The van der Waals surface area contributed by atoms with Gasteiger partial charge in [-0.15, -0.1) is 0 Å². The van der Waals surface area contributed by atoms with E-state index in [1.54, 1.807) is 6.20 Å². The molecule has 5 heteroatoms. The van der Waals surface area contributed by atoms with Gasteiger partial charge in [0.2, 0.25) is 0 Å². The number of ether oxygens (including phenoxy) is 1. The summed E-state index contributed by atoms with van der Waals surface area (Å²) in [6, 6.07) is 4.11. The molecule has 0 fully saturated rings. The number of hydrogen-bond acceptors (Lipinski definition) is 3. The summed E-state index contributed by atoms with van der Waals surface area (Å²) in [5.74, 6) is 1.54. The highest BCUT2D eigenvalue weighted by Gasteiger charge is 2.18. The van der Waals surface area contributed by atoms with Crippen LogP contribution in [-0.2, 0) is 6.42 Å². The van der Waals surface area contributed by atoms with E-state index in [4.69, 9.17) is 10.5 Å². The van der Waals surface area contributed by atoms with Gasteiger partial charge in [0.15, 0.2) is 0 Å². The fraction of sp³-hybridized carbons (Fsp3) is 0.182. The quantitative estimate of drug-likeness (QED) is 0.842. The van der Waals surface area contributed by atoms with Gasteiger partial charge in [0.05, 0.1) is 17.3 Å². The molecule has 2 heterocycles. The molecule has 0 bridgehead atoms. The predicted molar refractivity (Wildman–Crippen MR) is 65.3 cm³/mol. The molecule has 1 aliphatic rings. The average molecular weight is 280 g/mol. The van der Waals surface area contributed by atoms with Crippen LogP contribution in [0.15, 0.2) is 22.8 Å². The number of aromatic amines is 1. The van der Waals surface area contributed by atoms with Crippen LogP contribution >= 0.6 is 15.9 Å². The van der Waals surface area contributed by atoms with Crippen LogP contribution < -0.4 is 10.5 Å². The van der Waals surface area contributed by atoms with E-state index in [0.29, 0.717) is 5.82 Å². The molecule has 1 aliphatic heterocycles. The minimum atomic E-state index is 0.589. The van der Waals surface area contributed by atoms with Gasteiger partial charge < -0.3 is 10.5 Å². The maximum atomic E-state index is 5.80. The fourth-order valence-electron chi connectivity index (χ4n) is 1.94. The molecule has 0 unspecified atom stereocenters. The highest BCUT2D eigenvalue weighted by Crippen LogP contribution is 2.38. The molecule has 3 rings (SSSR count). The second-order valence-corrected chi connectivity index (χ2v) is 4.60. The SMILES string of the molecule is Nc1[nH]ncc1-c1cc(Br)c2c(c1)CCO2. The molecule has 0 radical (unpaired) electrons. The lowest BCUT2D eigenvalue weighted by molar-refractivity contribution is 0.355. The topological polar surface area (TPSA) is 63.9 Å². The first-order valence-electron chi connectivity index (χ1n) is 5.00. The molecule has 3 N–H and O–H groups in total. The molecule has 0 aliphatic carbocycles. The summed E-state index contributed by atoms with van der Waals surface area (Å²) in [7, 11) is 0.